The quantitative estimate of drug-likeness (QED) is 0.540. The normalized spacial score (nSPS) is 22.5. The Hall–Kier alpha value is -3.28. The summed E-state index contributed by atoms with van der Waals surface area (Å²) in [5, 5.41) is 2.74. The van der Waals surface area contributed by atoms with Gasteiger partial charge in [-0.25, -0.2) is 9.59 Å². The number of urea groups is 1. The second kappa shape index (κ2) is 9.88. The van der Waals surface area contributed by atoms with Crippen molar-refractivity contribution in [1.29, 1.82) is 0 Å². The topological polar surface area (TPSA) is 143 Å². The van der Waals surface area contributed by atoms with Crippen molar-refractivity contribution in [3.63, 3.8) is 0 Å². The van der Waals surface area contributed by atoms with Crippen molar-refractivity contribution in [2.24, 2.45) is 11.5 Å². The molecule has 198 valence electrons. The molecule has 3 amide bonds. The van der Waals surface area contributed by atoms with Crippen LogP contribution in [0.15, 0.2) is 41.3 Å². The van der Waals surface area contributed by atoms with Crippen LogP contribution in [0.5, 0.6) is 0 Å². The molecule has 5 N–H and O–H groups in total. The number of benzene rings is 1. The number of nitrogens with two attached hydrogens (primary N) is 2. The van der Waals surface area contributed by atoms with E-state index < -0.39 is 11.2 Å². The Kier molecular flexibility index (Phi) is 6.78. The van der Waals surface area contributed by atoms with Gasteiger partial charge in [-0.15, -0.1) is 0 Å². The van der Waals surface area contributed by atoms with Crippen molar-refractivity contribution in [2.75, 3.05) is 31.5 Å². The molecule has 2 aromatic rings. The molecule has 3 aliphatic rings. The molecule has 11 heteroatoms. The van der Waals surface area contributed by atoms with Crippen LogP contribution in [0, 0.1) is 0 Å². The first kappa shape index (κ1) is 25.4. The third-order valence-electron chi connectivity index (χ3n) is 7.61. The summed E-state index contributed by atoms with van der Waals surface area (Å²) in [4.78, 5) is 48.1. The van der Waals surface area contributed by atoms with Gasteiger partial charge >= 0.3 is 11.7 Å². The molecule has 3 saturated heterocycles. The van der Waals surface area contributed by atoms with Crippen molar-refractivity contribution in [1.82, 2.24) is 24.3 Å². The van der Waals surface area contributed by atoms with Crippen molar-refractivity contribution < 1.29 is 9.59 Å². The van der Waals surface area contributed by atoms with E-state index in [0.717, 1.165) is 38.9 Å². The zero-order chi connectivity index (χ0) is 26.3. The molecule has 0 saturated carbocycles. The molecule has 11 nitrogen and oxygen atoms in total. The minimum atomic E-state index is -0.937. The standard InChI is InChI=1S/C26H36N8O3/c1-26(2,28)23(35)33-15-21-13-20(33)16-34(21)25(37)30-22-9-12-32(24(36)29-22)19-5-3-17(4-6-19)14-31-10-7-18(27)8-11-31/h3-6,9,12,18,20-21H,7-8,10-11,13-16,27-28H2,1-2H3,(H,29,30,36,37). The number of aromatic nitrogens is 2. The van der Waals surface area contributed by atoms with Gasteiger partial charge in [0.25, 0.3) is 0 Å². The van der Waals surface area contributed by atoms with Gasteiger partial charge in [0, 0.05) is 31.9 Å². The first-order valence-corrected chi connectivity index (χ1v) is 12.9. The molecule has 3 aliphatic heterocycles. The van der Waals surface area contributed by atoms with Crippen LogP contribution < -0.4 is 22.5 Å². The maximum absolute atomic E-state index is 12.9. The van der Waals surface area contributed by atoms with Crippen LogP contribution in [0.25, 0.3) is 5.69 Å². The summed E-state index contributed by atoms with van der Waals surface area (Å²) in [6, 6.07) is 9.35. The lowest BCUT2D eigenvalue weighted by Crippen LogP contribution is -2.58. The van der Waals surface area contributed by atoms with E-state index in [1.807, 2.05) is 24.3 Å². The fourth-order valence-corrected chi connectivity index (χ4v) is 5.52. The Morgan fingerprint density at radius 3 is 2.30 bits per heavy atom. The first-order chi connectivity index (χ1) is 17.6. The van der Waals surface area contributed by atoms with Crippen molar-refractivity contribution >= 4 is 17.8 Å². The number of hydrogen-bond donors (Lipinski definition) is 3. The van der Waals surface area contributed by atoms with E-state index in [9.17, 15) is 14.4 Å². The average Bonchev–Trinajstić information content (AvgIpc) is 3.47. The van der Waals surface area contributed by atoms with Crippen LogP contribution in [0.4, 0.5) is 10.6 Å². The van der Waals surface area contributed by atoms with Crippen molar-refractivity contribution in [2.45, 2.75) is 63.3 Å². The molecule has 0 spiro atoms. The molecule has 5 rings (SSSR count). The number of likely N-dealkylation sites (tertiary alicyclic amines) is 3. The molecule has 0 aliphatic carbocycles. The number of fused-ring (bicyclic) bond motifs is 2. The van der Waals surface area contributed by atoms with E-state index in [1.54, 1.807) is 35.9 Å². The van der Waals surface area contributed by atoms with E-state index in [4.69, 9.17) is 11.5 Å². The molecule has 2 atom stereocenters. The van der Waals surface area contributed by atoms with Crippen LogP contribution in [0.2, 0.25) is 0 Å². The highest BCUT2D eigenvalue weighted by Crippen LogP contribution is 2.32. The third kappa shape index (κ3) is 5.39. The lowest BCUT2D eigenvalue weighted by atomic mass is 10.0. The van der Waals surface area contributed by atoms with Gasteiger partial charge in [0.1, 0.15) is 5.82 Å². The van der Waals surface area contributed by atoms with Gasteiger partial charge in [-0.3, -0.25) is 19.6 Å². The molecule has 2 bridgehead atoms. The van der Waals surface area contributed by atoms with Crippen molar-refractivity contribution in [3.05, 3.63) is 52.6 Å². The van der Waals surface area contributed by atoms with Gasteiger partial charge in [0.15, 0.2) is 0 Å². The van der Waals surface area contributed by atoms with Gasteiger partial charge in [-0.2, -0.15) is 4.98 Å². The monoisotopic (exact) mass is 508 g/mol. The largest absolute Gasteiger partial charge is 0.354 e. The number of anilines is 1. The van der Waals surface area contributed by atoms with E-state index in [2.05, 4.69) is 15.2 Å². The SMILES string of the molecule is CC(C)(N)C(=O)N1CC2CC1CN2C(=O)Nc1ccn(-c2ccc(CN3CCC(N)CC3)cc2)c(=O)n1. The molecular weight excluding hydrogens is 472 g/mol. The maximum atomic E-state index is 12.9. The summed E-state index contributed by atoms with van der Waals surface area (Å²) in [5.74, 6) is 0.0968. The number of nitrogens with one attached hydrogen (secondary N) is 1. The number of piperidine rings is 1. The molecule has 2 unspecified atom stereocenters. The Morgan fingerprint density at radius 1 is 1.05 bits per heavy atom. The minimum absolute atomic E-state index is 0.0394. The van der Waals surface area contributed by atoms with E-state index >= 15 is 0 Å². The lowest BCUT2D eigenvalue weighted by molar-refractivity contribution is -0.137. The minimum Gasteiger partial charge on any atom is -0.334 e. The number of carbonyl (C=O) groups is 2. The molecule has 3 fully saturated rings. The molecule has 1 aromatic heterocycles. The highest BCUT2D eigenvalue weighted by atomic mass is 16.2. The molecule has 4 heterocycles. The highest BCUT2D eigenvalue weighted by molar-refractivity contribution is 5.90. The van der Waals surface area contributed by atoms with Gasteiger partial charge in [-0.05, 0) is 70.0 Å². The van der Waals surface area contributed by atoms with Crippen LogP contribution in [0.3, 0.4) is 0 Å². The Balaban J connectivity index is 1.18. The fourth-order valence-electron chi connectivity index (χ4n) is 5.52. The van der Waals surface area contributed by atoms with Crippen molar-refractivity contribution in [3.8, 4) is 5.69 Å². The second-order valence-electron chi connectivity index (χ2n) is 11.1. The van der Waals surface area contributed by atoms with E-state index in [-0.39, 0.29) is 29.8 Å². The summed E-state index contributed by atoms with van der Waals surface area (Å²) in [6.45, 7) is 7.15. The van der Waals surface area contributed by atoms with Gasteiger partial charge in [-0.1, -0.05) is 12.1 Å². The van der Waals surface area contributed by atoms with Crippen LogP contribution in [0.1, 0.15) is 38.7 Å². The number of rotatable bonds is 5. The van der Waals surface area contributed by atoms with Crippen LogP contribution in [-0.4, -0.2) is 86.0 Å². The van der Waals surface area contributed by atoms with Gasteiger partial charge in [0.2, 0.25) is 5.91 Å². The lowest BCUT2D eigenvalue weighted by Gasteiger charge is -2.37. The number of carbonyl (C=O) groups excluding carboxylic acids is 2. The highest BCUT2D eigenvalue weighted by Gasteiger charge is 2.49. The van der Waals surface area contributed by atoms with Crippen LogP contribution in [-0.2, 0) is 11.3 Å². The number of nitrogens with zero attached hydrogens (tertiary/aromatic N) is 5. The van der Waals surface area contributed by atoms with Crippen LogP contribution >= 0.6 is 0 Å². The summed E-state index contributed by atoms with van der Waals surface area (Å²) in [6.07, 6.45) is 4.38. The maximum Gasteiger partial charge on any atom is 0.354 e. The fraction of sp³-hybridized carbons (Fsp3) is 0.538. The van der Waals surface area contributed by atoms with Gasteiger partial charge < -0.3 is 21.3 Å². The van der Waals surface area contributed by atoms with E-state index in [1.165, 1.54) is 10.1 Å². The summed E-state index contributed by atoms with van der Waals surface area (Å²) < 4.78 is 1.45. The second-order valence-corrected chi connectivity index (χ2v) is 11.1. The predicted octanol–water partition coefficient (Wildman–Crippen LogP) is 0.710. The molecular formula is C26H36N8O3. The Bertz CT molecular complexity index is 1210. The number of amides is 3. The first-order valence-electron chi connectivity index (χ1n) is 12.9. The Labute approximate surface area is 216 Å². The van der Waals surface area contributed by atoms with Gasteiger partial charge in [0.05, 0.1) is 23.3 Å². The molecule has 1 aromatic carbocycles. The zero-order valence-electron chi connectivity index (χ0n) is 21.5. The smallest absolute Gasteiger partial charge is 0.334 e. The predicted molar refractivity (Wildman–Crippen MR) is 140 cm³/mol. The van der Waals surface area contributed by atoms with E-state index in [0.29, 0.717) is 24.8 Å². The molecule has 37 heavy (non-hydrogen) atoms. The average molecular weight is 509 g/mol. The summed E-state index contributed by atoms with van der Waals surface area (Å²) in [7, 11) is 0. The third-order valence-corrected chi connectivity index (χ3v) is 7.61. The number of piperazine rings is 1. The summed E-state index contributed by atoms with van der Waals surface area (Å²) >= 11 is 0. The summed E-state index contributed by atoms with van der Waals surface area (Å²) in [5.41, 5.74) is 12.5. The number of hydrogen-bond acceptors (Lipinski definition) is 7. The Morgan fingerprint density at radius 2 is 1.70 bits per heavy atom. The molecule has 0 radical (unpaired) electrons. The zero-order valence-corrected chi connectivity index (χ0v) is 21.5.